The molecule has 0 aliphatic carbocycles. The van der Waals surface area contributed by atoms with E-state index in [-0.39, 0.29) is 13.0 Å². The molecule has 0 heterocycles. The lowest BCUT2D eigenvalue weighted by atomic mass is 10.3. The molecule has 1 rings (SSSR count). The number of rotatable bonds is 3. The van der Waals surface area contributed by atoms with Crippen molar-refractivity contribution in [2.45, 2.75) is 6.42 Å². The van der Waals surface area contributed by atoms with Crippen molar-refractivity contribution in [2.75, 3.05) is 6.54 Å². The predicted molar refractivity (Wildman–Crippen MR) is 55.7 cm³/mol. The highest BCUT2D eigenvalue weighted by Gasteiger charge is 2.05. The van der Waals surface area contributed by atoms with Crippen molar-refractivity contribution >= 4 is 17.7 Å². The Bertz CT molecular complexity index is 387. The van der Waals surface area contributed by atoms with E-state index in [1.807, 2.05) is 6.07 Å². The van der Waals surface area contributed by atoms with Gasteiger partial charge in [-0.2, -0.15) is 5.26 Å². The van der Waals surface area contributed by atoms with Crippen LogP contribution in [-0.2, 0) is 0 Å². The fraction of sp³-hybridized carbons (Fsp3) is 0.200. The highest BCUT2D eigenvalue weighted by molar-refractivity contribution is 6.32. The second kappa shape index (κ2) is 5.89. The van der Waals surface area contributed by atoms with E-state index < -0.39 is 6.09 Å². The second-order valence-electron chi connectivity index (χ2n) is 2.65. The largest absolute Gasteiger partial charge is 0.412 e. The molecule has 0 aliphatic heterocycles. The van der Waals surface area contributed by atoms with E-state index in [9.17, 15) is 4.79 Å². The van der Waals surface area contributed by atoms with Gasteiger partial charge >= 0.3 is 6.09 Å². The van der Waals surface area contributed by atoms with E-state index in [0.717, 1.165) is 0 Å². The molecule has 0 spiro atoms. The lowest BCUT2D eigenvalue weighted by Crippen LogP contribution is -2.27. The molecular formula is C10H9ClN2O2. The molecule has 5 heteroatoms. The molecule has 0 aromatic heterocycles. The maximum absolute atomic E-state index is 11.1. The monoisotopic (exact) mass is 224 g/mol. The van der Waals surface area contributed by atoms with E-state index in [2.05, 4.69) is 5.32 Å². The molecule has 1 N–H and O–H groups in total. The Hall–Kier alpha value is -1.73. The summed E-state index contributed by atoms with van der Waals surface area (Å²) in [5.41, 5.74) is 0. The van der Waals surface area contributed by atoms with Crippen molar-refractivity contribution in [3.05, 3.63) is 29.3 Å². The van der Waals surface area contributed by atoms with Gasteiger partial charge < -0.3 is 10.1 Å². The van der Waals surface area contributed by atoms with Gasteiger partial charge in [0.1, 0.15) is 0 Å². The van der Waals surface area contributed by atoms with Gasteiger partial charge in [-0.1, -0.05) is 23.7 Å². The number of hydrogen-bond acceptors (Lipinski definition) is 3. The molecule has 0 atom stereocenters. The Labute approximate surface area is 92.4 Å². The topological polar surface area (TPSA) is 62.1 Å². The summed E-state index contributed by atoms with van der Waals surface area (Å²) in [7, 11) is 0. The fourth-order valence-electron chi connectivity index (χ4n) is 0.884. The first-order chi connectivity index (χ1) is 7.24. The van der Waals surface area contributed by atoms with Gasteiger partial charge in [0.25, 0.3) is 0 Å². The Morgan fingerprint density at radius 3 is 2.93 bits per heavy atom. The third kappa shape index (κ3) is 3.88. The van der Waals surface area contributed by atoms with E-state index in [4.69, 9.17) is 21.6 Å². The number of nitrogens with one attached hydrogen (secondary N) is 1. The minimum absolute atomic E-state index is 0.248. The number of nitriles is 1. The first-order valence-electron chi connectivity index (χ1n) is 4.31. The third-order valence-electron chi connectivity index (χ3n) is 1.55. The third-order valence-corrected chi connectivity index (χ3v) is 1.86. The summed E-state index contributed by atoms with van der Waals surface area (Å²) < 4.78 is 4.90. The lowest BCUT2D eigenvalue weighted by molar-refractivity contribution is 0.201. The number of hydrogen-bond donors (Lipinski definition) is 1. The summed E-state index contributed by atoms with van der Waals surface area (Å²) in [5, 5.41) is 11.0. The van der Waals surface area contributed by atoms with Crippen molar-refractivity contribution in [1.29, 1.82) is 5.26 Å². The SMILES string of the molecule is N#CCCNC(=O)Oc1ccccc1Cl. The van der Waals surface area contributed by atoms with Crippen LogP contribution in [0.15, 0.2) is 24.3 Å². The van der Waals surface area contributed by atoms with Gasteiger partial charge in [-0.05, 0) is 12.1 Å². The molecule has 1 aromatic carbocycles. The Kier molecular flexibility index (Phi) is 4.45. The molecule has 0 saturated carbocycles. The Morgan fingerprint density at radius 2 is 2.27 bits per heavy atom. The second-order valence-corrected chi connectivity index (χ2v) is 3.06. The zero-order valence-corrected chi connectivity index (χ0v) is 8.62. The van der Waals surface area contributed by atoms with Crippen LogP contribution in [0.3, 0.4) is 0 Å². The molecule has 1 aromatic rings. The summed E-state index contributed by atoms with van der Waals surface area (Å²) in [4.78, 5) is 11.1. The zero-order valence-electron chi connectivity index (χ0n) is 7.87. The number of nitrogens with zero attached hydrogens (tertiary/aromatic N) is 1. The minimum Gasteiger partial charge on any atom is -0.409 e. The van der Waals surface area contributed by atoms with Crippen LogP contribution in [0.2, 0.25) is 5.02 Å². The van der Waals surface area contributed by atoms with Crippen molar-refractivity contribution in [2.24, 2.45) is 0 Å². The number of benzene rings is 1. The van der Waals surface area contributed by atoms with Gasteiger partial charge in [-0.15, -0.1) is 0 Å². The van der Waals surface area contributed by atoms with Crippen LogP contribution in [0, 0.1) is 11.3 Å². The Morgan fingerprint density at radius 1 is 1.53 bits per heavy atom. The number of halogens is 1. The maximum Gasteiger partial charge on any atom is 0.412 e. The molecule has 78 valence electrons. The molecule has 0 aliphatic rings. The number of amides is 1. The van der Waals surface area contributed by atoms with Crippen LogP contribution < -0.4 is 10.1 Å². The average molecular weight is 225 g/mol. The van der Waals surface area contributed by atoms with Crippen LogP contribution in [0.5, 0.6) is 5.75 Å². The average Bonchev–Trinajstić information content (AvgIpc) is 2.22. The van der Waals surface area contributed by atoms with Crippen molar-refractivity contribution < 1.29 is 9.53 Å². The minimum atomic E-state index is -0.613. The van der Waals surface area contributed by atoms with Gasteiger partial charge in [0.2, 0.25) is 0 Å². The van der Waals surface area contributed by atoms with Crippen molar-refractivity contribution in [1.82, 2.24) is 5.32 Å². The summed E-state index contributed by atoms with van der Waals surface area (Å²) in [5.74, 6) is 0.300. The van der Waals surface area contributed by atoms with Crippen molar-refractivity contribution in [3.63, 3.8) is 0 Å². The standard InChI is InChI=1S/C10H9ClN2O2/c11-8-4-1-2-5-9(8)15-10(14)13-7-3-6-12/h1-2,4-5H,3,7H2,(H,13,14). The van der Waals surface area contributed by atoms with Crippen LogP contribution >= 0.6 is 11.6 Å². The van der Waals surface area contributed by atoms with Gasteiger partial charge in [-0.3, -0.25) is 0 Å². The normalized spacial score (nSPS) is 9.07. The van der Waals surface area contributed by atoms with Crippen LogP contribution in [0.1, 0.15) is 6.42 Å². The first-order valence-corrected chi connectivity index (χ1v) is 4.69. The van der Waals surface area contributed by atoms with E-state index in [0.29, 0.717) is 10.8 Å². The van der Waals surface area contributed by atoms with Crippen LogP contribution in [0.25, 0.3) is 0 Å². The quantitative estimate of drug-likeness (QED) is 0.802. The molecule has 0 radical (unpaired) electrons. The van der Waals surface area contributed by atoms with Gasteiger partial charge in [0, 0.05) is 6.54 Å². The zero-order chi connectivity index (χ0) is 11.1. The molecule has 4 nitrogen and oxygen atoms in total. The molecule has 0 bridgehead atoms. The van der Waals surface area contributed by atoms with Gasteiger partial charge in [0.15, 0.2) is 5.75 Å². The lowest BCUT2D eigenvalue weighted by Gasteiger charge is -2.05. The fourth-order valence-corrected chi connectivity index (χ4v) is 1.06. The van der Waals surface area contributed by atoms with Crippen molar-refractivity contribution in [3.8, 4) is 11.8 Å². The number of ether oxygens (including phenoxy) is 1. The van der Waals surface area contributed by atoms with Crippen LogP contribution in [0.4, 0.5) is 4.79 Å². The summed E-state index contributed by atoms with van der Waals surface area (Å²) in [6.07, 6.45) is -0.365. The Balaban J connectivity index is 2.45. The first kappa shape index (κ1) is 11.3. The molecule has 15 heavy (non-hydrogen) atoms. The van der Waals surface area contributed by atoms with E-state index >= 15 is 0 Å². The molecule has 0 saturated heterocycles. The highest BCUT2D eigenvalue weighted by atomic mass is 35.5. The molecule has 0 fully saturated rings. The summed E-state index contributed by atoms with van der Waals surface area (Å²) in [6.45, 7) is 0.264. The number of carbonyl (C=O) groups is 1. The molecule has 1 amide bonds. The number of carbonyl (C=O) groups excluding carboxylic acids is 1. The van der Waals surface area contributed by atoms with Crippen LogP contribution in [-0.4, -0.2) is 12.6 Å². The maximum atomic E-state index is 11.1. The van der Waals surface area contributed by atoms with Gasteiger partial charge in [-0.25, -0.2) is 4.79 Å². The van der Waals surface area contributed by atoms with Gasteiger partial charge in [0.05, 0.1) is 17.5 Å². The molecular weight excluding hydrogens is 216 g/mol. The smallest absolute Gasteiger partial charge is 0.409 e. The van der Waals surface area contributed by atoms with E-state index in [1.54, 1.807) is 24.3 Å². The summed E-state index contributed by atoms with van der Waals surface area (Å²) in [6, 6.07) is 8.57. The predicted octanol–water partition coefficient (Wildman–Crippen LogP) is 2.34. The highest BCUT2D eigenvalue weighted by Crippen LogP contribution is 2.22. The summed E-state index contributed by atoms with van der Waals surface area (Å²) >= 11 is 5.77. The van der Waals surface area contributed by atoms with E-state index in [1.165, 1.54) is 0 Å². The number of para-hydroxylation sites is 1. The molecule has 0 unspecified atom stereocenters.